The van der Waals surface area contributed by atoms with Gasteiger partial charge in [0.15, 0.2) is 0 Å². The van der Waals surface area contributed by atoms with Crippen molar-refractivity contribution < 1.29 is 17.6 Å². The van der Waals surface area contributed by atoms with E-state index in [0.29, 0.717) is 11.8 Å². The van der Waals surface area contributed by atoms with E-state index in [1.807, 2.05) is 6.07 Å². The molecule has 0 saturated carbocycles. The molecule has 0 spiro atoms. The molecule has 0 atom stereocenters. The Bertz CT molecular complexity index is 678. The van der Waals surface area contributed by atoms with Crippen LogP contribution < -0.4 is 3.71 Å². The van der Waals surface area contributed by atoms with Crippen LogP contribution in [0.4, 0.5) is 17.6 Å². The van der Waals surface area contributed by atoms with Gasteiger partial charge in [-0.15, -0.1) is 0 Å². The van der Waals surface area contributed by atoms with E-state index in [0.717, 1.165) is 15.8 Å². The number of nitrogens with zero attached hydrogens (tertiary/aromatic N) is 2. The molecule has 0 amide bonds. The number of halogens is 4. The molecule has 7 heteroatoms. The zero-order chi connectivity index (χ0) is 16.5. The number of rotatable bonds is 3. The maximum absolute atomic E-state index is 13.4. The third-order valence-electron chi connectivity index (χ3n) is 3.16. The molecule has 0 aliphatic heterocycles. The van der Waals surface area contributed by atoms with Crippen LogP contribution in [0.1, 0.15) is 16.8 Å². The predicted molar refractivity (Wildman–Crippen MR) is 79.2 cm³/mol. The summed E-state index contributed by atoms with van der Waals surface area (Å²) in [6, 6.07) is 4.40. The second-order valence-electron chi connectivity index (χ2n) is 6.17. The first kappa shape index (κ1) is 17.2. The van der Waals surface area contributed by atoms with Gasteiger partial charge in [-0.3, -0.25) is 0 Å². The van der Waals surface area contributed by atoms with Gasteiger partial charge in [0.1, 0.15) is 0 Å². The molecule has 0 fully saturated rings. The molecule has 22 heavy (non-hydrogen) atoms. The van der Waals surface area contributed by atoms with Crippen LogP contribution in [0.5, 0.6) is 0 Å². The summed E-state index contributed by atoms with van der Waals surface area (Å²) in [5.74, 6) is -0.894. The summed E-state index contributed by atoms with van der Waals surface area (Å²) in [7, 11) is 0. The average Bonchev–Trinajstić information content (AvgIpc) is 2.36. The fourth-order valence-electron chi connectivity index (χ4n) is 2.03. The molecule has 0 aliphatic rings. The van der Waals surface area contributed by atoms with Gasteiger partial charge in [-0.1, -0.05) is 0 Å². The first-order valence-corrected chi connectivity index (χ1v) is 16.7. The molecule has 118 valence electrons. The number of aromatic nitrogens is 2. The summed E-state index contributed by atoms with van der Waals surface area (Å²) in [6.07, 6.45) is -2.98. The van der Waals surface area contributed by atoms with Crippen LogP contribution in [0, 0.1) is 5.82 Å². The summed E-state index contributed by atoms with van der Waals surface area (Å²) >= 11 is -2.38. The zero-order valence-electron chi connectivity index (χ0n) is 12.5. The maximum atomic E-state index is 13.4. The second kappa shape index (κ2) is 6.14. The molecule has 2 nitrogen and oxygen atoms in total. The zero-order valence-corrected chi connectivity index (χ0v) is 15.4. The van der Waals surface area contributed by atoms with Gasteiger partial charge in [0, 0.05) is 0 Å². The monoisotopic (exact) mass is 420 g/mol. The number of hydrogen-bond acceptors (Lipinski definition) is 2. The Morgan fingerprint density at radius 3 is 2.27 bits per heavy atom. The van der Waals surface area contributed by atoms with E-state index >= 15 is 0 Å². The predicted octanol–water partition coefficient (Wildman–Crippen LogP) is 3.77. The Morgan fingerprint density at radius 2 is 1.68 bits per heavy atom. The number of hydrogen-bond donors (Lipinski definition) is 0. The molecule has 2 aromatic rings. The molecular weight excluding hydrogens is 403 g/mol. The van der Waals surface area contributed by atoms with Crippen LogP contribution in [0.3, 0.4) is 0 Å². The third-order valence-corrected chi connectivity index (χ3v) is 8.33. The fourth-order valence-corrected chi connectivity index (χ4v) is 5.01. The van der Waals surface area contributed by atoms with Gasteiger partial charge in [0.05, 0.1) is 0 Å². The van der Waals surface area contributed by atoms with Crippen LogP contribution >= 0.6 is 0 Å². The van der Waals surface area contributed by atoms with Crippen molar-refractivity contribution in [3.63, 3.8) is 0 Å². The summed E-state index contributed by atoms with van der Waals surface area (Å²) in [6.45, 7) is 0. The van der Waals surface area contributed by atoms with Gasteiger partial charge in [-0.2, -0.15) is 0 Å². The SMILES string of the molecule is [CH3][Sn]([CH3])([CH3])[c]1cc(Cc2cc(F)cc(C(F)(F)F)c2)ncn1. The Labute approximate surface area is 130 Å². The van der Waals surface area contributed by atoms with Gasteiger partial charge in [0.25, 0.3) is 0 Å². The number of alkyl halides is 3. The Kier molecular flexibility index (Phi) is 4.79. The van der Waals surface area contributed by atoms with E-state index in [4.69, 9.17) is 0 Å². The summed E-state index contributed by atoms with van der Waals surface area (Å²) in [5.41, 5.74) is -0.122. The van der Waals surface area contributed by atoms with Crippen LogP contribution in [0.2, 0.25) is 14.8 Å². The molecule has 1 heterocycles. The summed E-state index contributed by atoms with van der Waals surface area (Å²) in [5, 5.41) is 0. The van der Waals surface area contributed by atoms with Gasteiger partial charge in [-0.05, 0) is 0 Å². The van der Waals surface area contributed by atoms with Gasteiger partial charge >= 0.3 is 130 Å². The van der Waals surface area contributed by atoms with E-state index in [9.17, 15) is 17.6 Å². The van der Waals surface area contributed by atoms with Crippen molar-refractivity contribution in [3.05, 3.63) is 53.2 Å². The molecular formula is C15H16F4N2Sn. The summed E-state index contributed by atoms with van der Waals surface area (Å²) < 4.78 is 52.6. The van der Waals surface area contributed by atoms with E-state index in [2.05, 4.69) is 24.8 Å². The third kappa shape index (κ3) is 4.41. The molecule has 0 bridgehead atoms. The standard InChI is InChI=1S/C12H7F4N2.3CH3.Sn/c13-10-4-8(3-9(6-10)12(14,15)16)5-11-1-2-17-7-18-11;;;;/h1,3-4,6-7H,5H2;3*1H3;. The van der Waals surface area contributed by atoms with Gasteiger partial charge in [-0.25, -0.2) is 0 Å². The van der Waals surface area contributed by atoms with Crippen molar-refractivity contribution in [1.29, 1.82) is 0 Å². The van der Waals surface area contributed by atoms with E-state index in [1.54, 1.807) is 0 Å². The normalized spacial score (nSPS) is 12.5. The van der Waals surface area contributed by atoms with Gasteiger partial charge in [0.2, 0.25) is 0 Å². The van der Waals surface area contributed by atoms with E-state index in [1.165, 1.54) is 6.33 Å². The van der Waals surface area contributed by atoms with Crippen LogP contribution in [0.25, 0.3) is 0 Å². The van der Waals surface area contributed by atoms with E-state index in [-0.39, 0.29) is 12.0 Å². The van der Waals surface area contributed by atoms with Crippen molar-refractivity contribution in [2.75, 3.05) is 0 Å². The van der Waals surface area contributed by atoms with Crippen molar-refractivity contribution in [3.8, 4) is 0 Å². The van der Waals surface area contributed by atoms with Crippen LogP contribution in [-0.2, 0) is 12.6 Å². The molecule has 0 radical (unpaired) electrons. The minimum atomic E-state index is -4.56. The Hall–Kier alpha value is -1.18. The van der Waals surface area contributed by atoms with Crippen molar-refractivity contribution in [2.24, 2.45) is 0 Å². The molecule has 2 rings (SSSR count). The van der Waals surface area contributed by atoms with Crippen molar-refractivity contribution >= 4 is 22.1 Å². The van der Waals surface area contributed by atoms with Crippen LogP contribution in [0.15, 0.2) is 30.6 Å². The molecule has 1 aromatic carbocycles. The van der Waals surface area contributed by atoms with Crippen LogP contribution in [-0.4, -0.2) is 28.3 Å². The van der Waals surface area contributed by atoms with E-state index < -0.39 is 35.9 Å². The molecule has 0 unspecified atom stereocenters. The molecule has 0 N–H and O–H groups in total. The van der Waals surface area contributed by atoms with Gasteiger partial charge < -0.3 is 0 Å². The quantitative estimate of drug-likeness (QED) is 0.560. The van der Waals surface area contributed by atoms with Crippen molar-refractivity contribution in [1.82, 2.24) is 9.97 Å². The minimum absolute atomic E-state index is 0.151. The first-order chi connectivity index (χ1) is 10.1. The molecule has 1 aromatic heterocycles. The molecule has 0 saturated heterocycles. The Morgan fingerprint density at radius 1 is 1.00 bits per heavy atom. The fraction of sp³-hybridized carbons (Fsp3) is 0.333. The number of benzene rings is 1. The molecule has 0 aliphatic carbocycles. The average molecular weight is 419 g/mol. The Balaban J connectivity index is 2.34. The second-order valence-corrected chi connectivity index (χ2v) is 20.5. The topological polar surface area (TPSA) is 25.8 Å². The van der Waals surface area contributed by atoms with Crippen molar-refractivity contribution in [2.45, 2.75) is 27.4 Å². The first-order valence-electron chi connectivity index (χ1n) is 6.74. The summed E-state index contributed by atoms with van der Waals surface area (Å²) in [4.78, 5) is 14.9.